The average molecular weight is 320 g/mol. The van der Waals surface area contributed by atoms with Gasteiger partial charge in [-0.2, -0.15) is 0 Å². The van der Waals surface area contributed by atoms with Crippen LogP contribution in [-0.2, 0) is 17.9 Å². The van der Waals surface area contributed by atoms with Crippen LogP contribution in [0.2, 0.25) is 0 Å². The predicted octanol–water partition coefficient (Wildman–Crippen LogP) is 2.32. The van der Waals surface area contributed by atoms with Crippen LogP contribution in [-0.4, -0.2) is 9.11 Å². The first-order chi connectivity index (χ1) is 3.66. The molecule has 0 bridgehead atoms. The zero-order valence-corrected chi connectivity index (χ0v) is 9.64. The first-order valence-electron chi connectivity index (χ1n) is 1.14. The van der Waals surface area contributed by atoms with Crippen molar-refractivity contribution in [1.82, 2.24) is 0 Å². The van der Waals surface area contributed by atoms with Crippen molar-refractivity contribution in [3.63, 3.8) is 0 Å². The van der Waals surface area contributed by atoms with Gasteiger partial charge in [0.2, 0.25) is 0 Å². The molecular weight excluding hydrogens is 320 g/mol. The average Bonchev–Trinajstić information content (AvgIpc) is 1.65. The Kier molecular flexibility index (Phi) is 7.74. The highest BCUT2D eigenvalue weighted by molar-refractivity contribution is 9.70. The van der Waals surface area contributed by atoms with Crippen molar-refractivity contribution in [2.24, 2.45) is 0 Å². The van der Waals surface area contributed by atoms with Gasteiger partial charge in [-0.1, -0.05) is 0 Å². The molecule has 2 atom stereocenters. The molecule has 0 heterocycles. The van der Waals surface area contributed by atoms with Crippen LogP contribution in [0, 0.1) is 0 Å². The van der Waals surface area contributed by atoms with Gasteiger partial charge in [0.1, 0.15) is 0 Å². The van der Waals surface area contributed by atoms with Crippen LogP contribution < -0.4 is 0 Å². The molecule has 0 aliphatic heterocycles. The van der Waals surface area contributed by atoms with Crippen LogP contribution in [0.3, 0.4) is 0 Å². The maximum absolute atomic E-state index is 10.4. The summed E-state index contributed by atoms with van der Waals surface area (Å²) >= 11 is 5.61. The van der Waals surface area contributed by atoms with Gasteiger partial charge in [0.25, 0.3) is 14.8 Å². The van der Waals surface area contributed by atoms with E-state index in [2.05, 4.69) is 29.6 Å². The molecule has 8 heteroatoms. The molecule has 0 spiro atoms. The summed E-state index contributed by atoms with van der Waals surface area (Å²) in [6.45, 7) is 0. The second kappa shape index (κ2) is 6.02. The van der Waals surface area contributed by atoms with E-state index < -0.39 is 17.9 Å². The van der Waals surface area contributed by atoms with Crippen molar-refractivity contribution in [2.75, 3.05) is 0 Å². The summed E-state index contributed by atoms with van der Waals surface area (Å²) in [4.78, 5) is 0. The molecule has 0 amide bonds. The summed E-state index contributed by atoms with van der Waals surface area (Å²) in [6.07, 6.45) is 0. The monoisotopic (exact) mass is 318 g/mol. The fraction of sp³-hybridized carbons (Fsp3) is 0. The lowest BCUT2D eigenvalue weighted by atomic mass is 15.9. The molecule has 8 heavy (non-hydrogen) atoms. The lowest BCUT2D eigenvalue weighted by Crippen LogP contribution is -1.87. The molecule has 0 radical (unpaired) electrons. The summed E-state index contributed by atoms with van der Waals surface area (Å²) in [5.41, 5.74) is 0. The standard InChI is InChI=1S/Br2O2S4/c1-5-8(4)6-7(2)3. The Hall–Kier alpha value is 2.28. The molecule has 0 aromatic heterocycles. The van der Waals surface area contributed by atoms with Gasteiger partial charge in [-0.3, -0.25) is 0 Å². The SMILES string of the molecule is [O-][S+](Br)S[S+]([O-])SBr. The van der Waals surface area contributed by atoms with Crippen molar-refractivity contribution in [3.8, 4) is 0 Å². The van der Waals surface area contributed by atoms with E-state index in [1.807, 2.05) is 0 Å². The topological polar surface area (TPSA) is 46.1 Å². The Morgan fingerprint density at radius 1 is 1.38 bits per heavy atom. The van der Waals surface area contributed by atoms with Crippen LogP contribution in [0.15, 0.2) is 0 Å². The molecule has 0 rings (SSSR count). The minimum absolute atomic E-state index is 0.832. The molecule has 0 N–H and O–H groups in total. The third-order valence-corrected chi connectivity index (χ3v) is 12.2. The second-order valence-electron chi connectivity index (χ2n) is 0.529. The van der Waals surface area contributed by atoms with E-state index in [-0.39, 0.29) is 0 Å². The zero-order chi connectivity index (χ0) is 6.57. The highest BCUT2D eigenvalue weighted by Crippen LogP contribution is 2.36. The quantitative estimate of drug-likeness (QED) is 0.591. The molecule has 0 aliphatic carbocycles. The van der Waals surface area contributed by atoms with Crippen molar-refractivity contribution >= 4 is 66.6 Å². The predicted molar refractivity (Wildman–Crippen MR) is 49.3 cm³/mol. The van der Waals surface area contributed by atoms with Gasteiger partial charge < -0.3 is 9.11 Å². The summed E-state index contributed by atoms with van der Waals surface area (Å²) in [5.74, 6) is 0. The second-order valence-corrected chi connectivity index (χ2v) is 12.4. The molecule has 2 unspecified atom stereocenters. The van der Waals surface area contributed by atoms with Gasteiger partial charge in [0, 0.05) is 0 Å². The Bertz CT molecular complexity index is 58.0. The van der Waals surface area contributed by atoms with Gasteiger partial charge in [-0.15, -0.1) is 0 Å². The maximum Gasteiger partial charge on any atom is 0.368 e. The highest BCUT2D eigenvalue weighted by atomic mass is 79.9. The van der Waals surface area contributed by atoms with Gasteiger partial charge >= 0.3 is 9.83 Å². The summed E-state index contributed by atoms with van der Waals surface area (Å²) < 4.78 is 20.6. The Morgan fingerprint density at radius 2 is 1.88 bits per heavy atom. The summed E-state index contributed by atoms with van der Waals surface area (Å²) in [5, 5.41) is 0. The number of halogens is 2. The van der Waals surface area contributed by atoms with E-state index in [1.54, 1.807) is 0 Å². The summed E-state index contributed by atoms with van der Waals surface area (Å²) in [6, 6.07) is 0. The van der Waals surface area contributed by atoms with E-state index in [0.29, 0.717) is 0 Å². The maximum atomic E-state index is 10.4. The van der Waals surface area contributed by atoms with Crippen LogP contribution >= 0.6 is 48.7 Å². The fourth-order valence-electron chi connectivity index (χ4n) is 0.0542. The van der Waals surface area contributed by atoms with E-state index in [1.165, 1.54) is 0 Å². The third kappa shape index (κ3) is 6.40. The van der Waals surface area contributed by atoms with E-state index in [4.69, 9.17) is 0 Å². The van der Waals surface area contributed by atoms with Gasteiger partial charge in [0.05, 0.1) is 14.8 Å². The van der Waals surface area contributed by atoms with Crippen molar-refractivity contribution < 1.29 is 9.11 Å². The van der Waals surface area contributed by atoms with Crippen molar-refractivity contribution in [1.29, 1.82) is 0 Å². The molecule has 0 fully saturated rings. The van der Waals surface area contributed by atoms with Crippen LogP contribution in [0.1, 0.15) is 0 Å². The Morgan fingerprint density at radius 3 is 2.00 bits per heavy atom. The Balaban J connectivity index is 3.10. The first-order valence-corrected chi connectivity index (χ1v) is 10.3. The fourth-order valence-corrected chi connectivity index (χ4v) is 11.5. The van der Waals surface area contributed by atoms with Crippen molar-refractivity contribution in [2.45, 2.75) is 0 Å². The van der Waals surface area contributed by atoms with Crippen molar-refractivity contribution in [3.05, 3.63) is 0 Å². The number of hydrogen-bond donors (Lipinski definition) is 0. The van der Waals surface area contributed by atoms with E-state index in [9.17, 15) is 9.11 Å². The van der Waals surface area contributed by atoms with Gasteiger partial charge in [0.15, 0.2) is 27.1 Å². The number of hydrogen-bond acceptors (Lipinski definition) is 4. The molecule has 0 saturated carbocycles. The molecule has 0 aliphatic rings. The zero-order valence-electron chi connectivity index (χ0n) is 3.21. The van der Waals surface area contributed by atoms with Gasteiger partial charge in [-0.05, 0) is 0 Å². The largest absolute Gasteiger partial charge is 0.591 e. The molecule has 0 saturated heterocycles. The van der Waals surface area contributed by atoms with E-state index >= 15 is 0 Å². The van der Waals surface area contributed by atoms with Crippen LogP contribution in [0.25, 0.3) is 0 Å². The van der Waals surface area contributed by atoms with Gasteiger partial charge in [-0.25, -0.2) is 0 Å². The first kappa shape index (κ1) is 10.3. The van der Waals surface area contributed by atoms with E-state index in [0.717, 1.165) is 19.1 Å². The minimum Gasteiger partial charge on any atom is -0.591 e. The molecule has 0 aromatic carbocycles. The summed E-state index contributed by atoms with van der Waals surface area (Å²) in [7, 11) is -0.562. The Labute approximate surface area is 74.9 Å². The molecule has 2 nitrogen and oxygen atoms in total. The molecule has 50 valence electrons. The molecular formula is Br2O2S4. The number of rotatable bonds is 3. The minimum atomic E-state index is -1.22. The molecule has 0 aromatic rings. The smallest absolute Gasteiger partial charge is 0.368 e. The third-order valence-electron chi connectivity index (χ3n) is 0.160. The van der Waals surface area contributed by atoms with Crippen LogP contribution in [0.4, 0.5) is 0 Å². The van der Waals surface area contributed by atoms with Crippen LogP contribution in [0.5, 0.6) is 0 Å². The normalized spacial score (nSPS) is 18.0. The lowest BCUT2D eigenvalue weighted by Gasteiger charge is -1.96. The lowest BCUT2D eigenvalue weighted by molar-refractivity contribution is 0.620. The highest BCUT2D eigenvalue weighted by Gasteiger charge is 2.20.